The molecule has 8 nitrogen and oxygen atoms in total. The van der Waals surface area contributed by atoms with Crippen LogP contribution in [-0.2, 0) is 33.3 Å². The monoisotopic (exact) mass is 838 g/mol. The quantitative estimate of drug-likeness (QED) is 0.0818. The highest BCUT2D eigenvalue weighted by molar-refractivity contribution is 9.10. The maximum atomic E-state index is 15.3. The topological polar surface area (TPSA) is 104 Å². The highest BCUT2D eigenvalue weighted by Crippen LogP contribution is 2.42. The molecule has 0 unspecified atom stereocenters. The molecule has 4 aromatic carbocycles. The van der Waals surface area contributed by atoms with E-state index in [1.807, 2.05) is 32.9 Å². The molecule has 0 radical (unpaired) electrons. The third-order valence-electron chi connectivity index (χ3n) is 8.75. The lowest BCUT2D eigenvalue weighted by molar-refractivity contribution is -0.119. The summed E-state index contributed by atoms with van der Waals surface area (Å²) in [4.78, 5) is 26.2. The summed E-state index contributed by atoms with van der Waals surface area (Å²) < 4.78 is 92.2. The Labute approximate surface area is 318 Å². The molecule has 1 saturated carbocycles. The second-order valence-corrected chi connectivity index (χ2v) is 16.7. The molecule has 1 aliphatic rings. The minimum absolute atomic E-state index is 0.00659. The van der Waals surface area contributed by atoms with E-state index in [-0.39, 0.29) is 46.2 Å². The van der Waals surface area contributed by atoms with E-state index < -0.39 is 67.6 Å². The van der Waals surface area contributed by atoms with Gasteiger partial charge in [0, 0.05) is 11.6 Å². The molecule has 53 heavy (non-hydrogen) atoms. The van der Waals surface area contributed by atoms with Crippen molar-refractivity contribution in [2.75, 3.05) is 18.1 Å². The van der Waals surface area contributed by atoms with E-state index in [1.54, 1.807) is 13.0 Å². The van der Waals surface area contributed by atoms with Crippen LogP contribution in [0, 0.1) is 23.3 Å². The fourth-order valence-corrected chi connectivity index (χ4v) is 8.38. The van der Waals surface area contributed by atoms with Crippen molar-refractivity contribution in [3.8, 4) is 5.75 Å². The van der Waals surface area contributed by atoms with Gasteiger partial charge in [-0.15, -0.1) is 0 Å². The van der Waals surface area contributed by atoms with Gasteiger partial charge in [-0.1, -0.05) is 68.8 Å². The molecule has 1 aliphatic carbocycles. The molecule has 0 aliphatic heterocycles. The number of hydrogen-bond donors (Lipinski definition) is 1. The van der Waals surface area contributed by atoms with Crippen LogP contribution >= 0.6 is 27.5 Å². The molecule has 1 N–H and O–H groups in total. The molecular weight excluding hydrogens is 804 g/mol. The zero-order valence-corrected chi connectivity index (χ0v) is 32.3. The average molecular weight is 840 g/mol. The van der Waals surface area contributed by atoms with Crippen molar-refractivity contribution >= 4 is 55.1 Å². The molecule has 0 bridgehead atoms. The summed E-state index contributed by atoms with van der Waals surface area (Å²) in [6.07, 6.45) is 1.98. The Morgan fingerprint density at radius 1 is 0.943 bits per heavy atom. The van der Waals surface area contributed by atoms with Gasteiger partial charge in [0.2, 0.25) is 15.9 Å². The predicted molar refractivity (Wildman–Crippen MR) is 196 cm³/mol. The Morgan fingerprint density at radius 2 is 1.60 bits per heavy atom. The van der Waals surface area contributed by atoms with Crippen LogP contribution in [0.15, 0.2) is 70.0 Å². The van der Waals surface area contributed by atoms with E-state index in [1.165, 1.54) is 41.3 Å². The van der Waals surface area contributed by atoms with E-state index in [0.717, 1.165) is 24.0 Å². The summed E-state index contributed by atoms with van der Waals surface area (Å²) in [5.74, 6) is -10.6. The van der Waals surface area contributed by atoms with E-state index in [4.69, 9.17) is 16.3 Å². The maximum Gasteiger partial charge on any atom is 0.335 e. The van der Waals surface area contributed by atoms with Crippen LogP contribution < -0.4 is 9.64 Å². The van der Waals surface area contributed by atoms with E-state index in [2.05, 4.69) is 22.0 Å². The first-order chi connectivity index (χ1) is 24.8. The van der Waals surface area contributed by atoms with Crippen molar-refractivity contribution in [2.24, 2.45) is 0 Å². The van der Waals surface area contributed by atoms with Crippen molar-refractivity contribution in [3.05, 3.63) is 121 Å². The summed E-state index contributed by atoms with van der Waals surface area (Å²) >= 11 is 8.93. The molecule has 0 aromatic heterocycles. The first kappa shape index (κ1) is 40.2. The van der Waals surface area contributed by atoms with Crippen molar-refractivity contribution in [3.63, 3.8) is 0 Å². The average Bonchev–Trinajstić information content (AvgIpc) is 3.95. The lowest BCUT2D eigenvalue weighted by atomic mass is 9.84. The number of amides is 1. The largest absolute Gasteiger partial charge is 0.492 e. The minimum Gasteiger partial charge on any atom is -0.492 e. The number of ether oxygens (including phenoxy) is 1. The van der Waals surface area contributed by atoms with Crippen molar-refractivity contribution in [1.29, 1.82) is 0 Å². The van der Waals surface area contributed by atoms with Crippen LogP contribution in [0.2, 0.25) is 5.02 Å². The van der Waals surface area contributed by atoms with Crippen LogP contribution in [-0.4, -0.2) is 42.9 Å². The number of carbonyl (C=O) groups excluding carboxylic acids is 1. The number of sulfonamides is 1. The number of hydrogen-bond acceptors (Lipinski definition) is 5. The SMILES string of the molecule is CCOc1cc(C(=O)O)ccc1N(Cc1cc(C2CC2)cc(C(C)(C)C)c1)C(=O)CN(Cc1ccccc1Cl)S(=O)(=O)c1c(F)c(F)c(F)c(F)c1Br. The second-order valence-electron chi connectivity index (χ2n) is 13.7. The number of carboxylic acid groups (broad SMARTS) is 1. The standard InChI is InChI=1S/C38H36BrClF4N2O6S/c1-5-52-29-17-23(37(48)49)12-13-28(29)46(18-21-14-25(22-10-11-22)16-26(15-21)38(2,3)4)30(47)20-45(19-24-8-6-7-9-27(24)40)53(50,51)36-31(39)32(41)33(42)34(43)35(36)44/h6-9,12-17,22H,5,10-11,18-20H2,1-4H3,(H,48,49). The fraction of sp³-hybridized carbons (Fsp3) is 0.316. The summed E-state index contributed by atoms with van der Waals surface area (Å²) in [6, 6.07) is 15.8. The molecule has 1 amide bonds. The Hall–Kier alpha value is -3.98. The van der Waals surface area contributed by atoms with E-state index >= 15 is 4.39 Å². The van der Waals surface area contributed by atoms with Crippen LogP contribution in [0.3, 0.4) is 0 Å². The number of halogens is 6. The second kappa shape index (κ2) is 15.8. The first-order valence-corrected chi connectivity index (χ1v) is 19.2. The van der Waals surface area contributed by atoms with Gasteiger partial charge < -0.3 is 14.7 Å². The number of aromatic carboxylic acids is 1. The number of benzene rings is 4. The Balaban J connectivity index is 1.68. The lowest BCUT2D eigenvalue weighted by Gasteiger charge is -2.30. The van der Waals surface area contributed by atoms with E-state index in [9.17, 15) is 36.3 Å². The summed E-state index contributed by atoms with van der Waals surface area (Å²) in [7, 11) is -5.35. The van der Waals surface area contributed by atoms with Crippen LogP contribution in [0.5, 0.6) is 5.75 Å². The van der Waals surface area contributed by atoms with Crippen molar-refractivity contribution in [2.45, 2.75) is 69.9 Å². The van der Waals surface area contributed by atoms with Gasteiger partial charge in [0.25, 0.3) is 0 Å². The van der Waals surface area contributed by atoms with Crippen molar-refractivity contribution in [1.82, 2.24) is 4.31 Å². The third-order valence-corrected chi connectivity index (χ3v) is 12.0. The molecule has 0 heterocycles. The van der Waals surface area contributed by atoms with Crippen LogP contribution in [0.1, 0.15) is 79.1 Å². The Morgan fingerprint density at radius 3 is 2.21 bits per heavy atom. The maximum absolute atomic E-state index is 15.3. The van der Waals surface area contributed by atoms with Crippen molar-refractivity contribution < 1.29 is 45.4 Å². The number of nitrogens with zero attached hydrogens (tertiary/aromatic N) is 2. The van der Waals surface area contributed by atoms with Crippen LogP contribution in [0.4, 0.5) is 23.2 Å². The third kappa shape index (κ3) is 8.72. The van der Waals surface area contributed by atoms with Gasteiger partial charge in [-0.3, -0.25) is 4.79 Å². The zero-order chi connectivity index (χ0) is 39.0. The van der Waals surface area contributed by atoms with Gasteiger partial charge in [-0.25, -0.2) is 30.8 Å². The molecule has 4 aromatic rings. The summed E-state index contributed by atoms with van der Waals surface area (Å²) in [6.45, 7) is 6.00. The number of carbonyl (C=O) groups is 2. The van der Waals surface area contributed by atoms with Crippen LogP contribution in [0.25, 0.3) is 0 Å². The van der Waals surface area contributed by atoms with Gasteiger partial charge >= 0.3 is 5.97 Å². The first-order valence-electron chi connectivity index (χ1n) is 16.5. The molecule has 0 atom stereocenters. The summed E-state index contributed by atoms with van der Waals surface area (Å²) in [5.41, 5.74) is 2.55. The number of anilines is 1. The molecule has 1 fully saturated rings. The Kier molecular flexibility index (Phi) is 12.0. The normalized spacial score (nSPS) is 13.3. The minimum atomic E-state index is -5.35. The molecule has 282 valence electrons. The zero-order valence-electron chi connectivity index (χ0n) is 29.2. The van der Waals surface area contributed by atoms with E-state index in [0.29, 0.717) is 15.8 Å². The number of carboxylic acids is 1. The lowest BCUT2D eigenvalue weighted by Crippen LogP contribution is -2.43. The molecular formula is C38H36BrClF4N2O6S. The molecule has 5 rings (SSSR count). The summed E-state index contributed by atoms with van der Waals surface area (Å²) in [5, 5.41) is 9.77. The van der Waals surface area contributed by atoms with Gasteiger partial charge in [0.1, 0.15) is 10.6 Å². The van der Waals surface area contributed by atoms with Gasteiger partial charge in [-0.05, 0) is 93.5 Å². The smallest absolute Gasteiger partial charge is 0.335 e. The molecule has 0 spiro atoms. The van der Waals surface area contributed by atoms with Gasteiger partial charge in [0.05, 0.1) is 35.4 Å². The highest BCUT2D eigenvalue weighted by atomic mass is 79.9. The van der Waals surface area contributed by atoms with Gasteiger partial charge in [-0.2, -0.15) is 4.31 Å². The number of rotatable bonds is 13. The highest BCUT2D eigenvalue weighted by Gasteiger charge is 2.38. The molecule has 15 heteroatoms. The predicted octanol–water partition coefficient (Wildman–Crippen LogP) is 9.35. The van der Waals surface area contributed by atoms with Gasteiger partial charge in [0.15, 0.2) is 23.3 Å². The fourth-order valence-electron chi connectivity index (χ4n) is 5.75. The molecule has 0 saturated heterocycles. The Bertz CT molecular complexity index is 2170.